The number of hydrogen-bond donors (Lipinski definition) is 1. The van der Waals surface area contributed by atoms with Crippen LogP contribution in [0, 0.1) is 6.92 Å². The van der Waals surface area contributed by atoms with E-state index in [-0.39, 0.29) is 36.0 Å². The van der Waals surface area contributed by atoms with Crippen LogP contribution < -0.4 is 15.6 Å². The Hall–Kier alpha value is -3.63. The van der Waals surface area contributed by atoms with Gasteiger partial charge in [0, 0.05) is 20.0 Å². The molecule has 35 heavy (non-hydrogen) atoms. The van der Waals surface area contributed by atoms with Crippen LogP contribution in [0.25, 0.3) is 11.8 Å². The maximum absolute atomic E-state index is 13.0. The summed E-state index contributed by atoms with van der Waals surface area (Å²) in [7, 11) is 3.35. The van der Waals surface area contributed by atoms with Crippen LogP contribution in [0.5, 0.6) is 5.75 Å². The third kappa shape index (κ3) is 5.08. The summed E-state index contributed by atoms with van der Waals surface area (Å²) in [4.78, 5) is 40.5. The van der Waals surface area contributed by atoms with E-state index < -0.39 is 0 Å². The largest absolute Gasteiger partial charge is 0.497 e. The summed E-state index contributed by atoms with van der Waals surface area (Å²) in [6.45, 7) is 1.89. The number of nitrogens with zero attached hydrogens (tertiary/aromatic N) is 3. The number of carbonyl (C=O) groups is 2. The number of para-hydroxylation sites is 1. The highest BCUT2D eigenvalue weighted by atomic mass is 32.2. The van der Waals surface area contributed by atoms with Crippen molar-refractivity contribution in [3.63, 3.8) is 0 Å². The molecular weight excluding hydrogens is 484 g/mol. The molecular formula is C25H24N4O4S2. The number of carbonyl (C=O) groups excluding carboxylic acids is 2. The van der Waals surface area contributed by atoms with Gasteiger partial charge in [0.05, 0.1) is 23.4 Å². The average molecular weight is 509 g/mol. The Labute approximate surface area is 212 Å². The van der Waals surface area contributed by atoms with Gasteiger partial charge in [0.2, 0.25) is 5.91 Å². The molecule has 1 N–H and O–H groups in total. The number of anilines is 1. The van der Waals surface area contributed by atoms with Crippen molar-refractivity contribution in [2.75, 3.05) is 19.0 Å². The summed E-state index contributed by atoms with van der Waals surface area (Å²) >= 11 is 6.57. The minimum atomic E-state index is -0.371. The van der Waals surface area contributed by atoms with Crippen molar-refractivity contribution in [2.45, 2.75) is 13.3 Å². The van der Waals surface area contributed by atoms with E-state index in [0.717, 1.165) is 11.3 Å². The van der Waals surface area contributed by atoms with Crippen LogP contribution in [-0.4, -0.2) is 44.1 Å². The van der Waals surface area contributed by atoms with Crippen molar-refractivity contribution in [1.29, 1.82) is 0 Å². The number of thiocarbonyl (C=S) groups is 1. The standard InChI is InChI=1S/C25H24N4O4S2/c1-16-22(24(32)29(27(16)2)18-7-5-4-6-8-18)26-21(30)13-14-28-23(31)20(35-25(28)34)15-17-9-11-19(33-3)12-10-17/h4-12,15H,13-14H2,1-3H3,(H,26,30). The van der Waals surface area contributed by atoms with E-state index in [0.29, 0.717) is 20.6 Å². The summed E-state index contributed by atoms with van der Waals surface area (Å²) in [6.07, 6.45) is 1.76. The molecule has 0 unspecified atom stereocenters. The maximum atomic E-state index is 13.0. The second kappa shape index (κ2) is 10.3. The Morgan fingerprint density at radius 2 is 1.80 bits per heavy atom. The lowest BCUT2D eigenvalue weighted by Crippen LogP contribution is -2.32. The van der Waals surface area contributed by atoms with Crippen molar-refractivity contribution in [3.05, 3.63) is 81.1 Å². The molecule has 4 rings (SSSR count). The number of hydrogen-bond acceptors (Lipinski definition) is 6. The van der Waals surface area contributed by atoms with Gasteiger partial charge in [-0.2, -0.15) is 0 Å². The Morgan fingerprint density at radius 3 is 2.46 bits per heavy atom. The quantitative estimate of drug-likeness (QED) is 0.387. The van der Waals surface area contributed by atoms with Crippen LogP contribution in [0.2, 0.25) is 0 Å². The van der Waals surface area contributed by atoms with E-state index in [2.05, 4.69) is 5.32 Å². The number of amides is 2. The molecule has 10 heteroatoms. The third-order valence-electron chi connectivity index (χ3n) is 5.67. The number of nitrogens with one attached hydrogen (secondary N) is 1. The Balaban J connectivity index is 1.43. The highest BCUT2D eigenvalue weighted by Gasteiger charge is 2.32. The van der Waals surface area contributed by atoms with Gasteiger partial charge < -0.3 is 10.1 Å². The molecule has 2 aromatic carbocycles. The van der Waals surface area contributed by atoms with E-state index in [1.165, 1.54) is 21.3 Å². The minimum Gasteiger partial charge on any atom is -0.497 e. The van der Waals surface area contributed by atoms with Gasteiger partial charge in [0.15, 0.2) is 0 Å². The predicted molar refractivity (Wildman–Crippen MR) is 142 cm³/mol. The summed E-state index contributed by atoms with van der Waals surface area (Å²) in [5.41, 5.74) is 2.06. The lowest BCUT2D eigenvalue weighted by molar-refractivity contribution is -0.122. The van der Waals surface area contributed by atoms with Gasteiger partial charge in [-0.3, -0.25) is 24.0 Å². The van der Waals surface area contributed by atoms with Crippen LogP contribution >= 0.6 is 24.0 Å². The van der Waals surface area contributed by atoms with Crippen molar-refractivity contribution in [1.82, 2.24) is 14.3 Å². The predicted octanol–water partition coefficient (Wildman–Crippen LogP) is 3.72. The lowest BCUT2D eigenvalue weighted by atomic mass is 10.2. The van der Waals surface area contributed by atoms with E-state index in [4.69, 9.17) is 17.0 Å². The second-order valence-electron chi connectivity index (χ2n) is 7.84. The molecule has 1 aliphatic rings. The molecule has 0 spiro atoms. The highest BCUT2D eigenvalue weighted by Crippen LogP contribution is 2.33. The second-order valence-corrected chi connectivity index (χ2v) is 9.52. The van der Waals surface area contributed by atoms with Crippen LogP contribution in [0.1, 0.15) is 17.7 Å². The van der Waals surface area contributed by atoms with Crippen molar-refractivity contribution in [3.8, 4) is 11.4 Å². The number of aromatic nitrogens is 2. The van der Waals surface area contributed by atoms with Crippen LogP contribution in [-0.2, 0) is 16.6 Å². The molecule has 2 heterocycles. The Morgan fingerprint density at radius 1 is 1.11 bits per heavy atom. The first-order valence-electron chi connectivity index (χ1n) is 10.8. The molecule has 1 saturated heterocycles. The van der Waals surface area contributed by atoms with Crippen molar-refractivity contribution >= 4 is 51.9 Å². The molecule has 1 aliphatic heterocycles. The van der Waals surface area contributed by atoms with Crippen LogP contribution in [0.15, 0.2) is 64.3 Å². The Bertz CT molecular complexity index is 1370. The SMILES string of the molecule is COc1ccc(C=C2SC(=S)N(CCC(=O)Nc3c(C)n(C)n(-c4ccccc4)c3=O)C2=O)cc1. The van der Waals surface area contributed by atoms with Crippen molar-refractivity contribution in [2.24, 2.45) is 7.05 Å². The summed E-state index contributed by atoms with van der Waals surface area (Å²) in [6, 6.07) is 16.5. The van der Waals surface area contributed by atoms with E-state index in [1.807, 2.05) is 54.6 Å². The molecule has 0 atom stereocenters. The van der Waals surface area contributed by atoms with Gasteiger partial charge in [-0.05, 0) is 42.8 Å². The van der Waals surface area contributed by atoms with E-state index in [1.54, 1.807) is 31.8 Å². The first kappa shape index (κ1) is 24.5. The van der Waals surface area contributed by atoms with Crippen LogP contribution in [0.3, 0.4) is 0 Å². The third-order valence-corrected chi connectivity index (χ3v) is 7.05. The average Bonchev–Trinajstić information content (AvgIpc) is 3.24. The van der Waals surface area contributed by atoms with Gasteiger partial charge >= 0.3 is 0 Å². The smallest absolute Gasteiger partial charge is 0.295 e. The van der Waals surface area contributed by atoms with Gasteiger partial charge in [0.1, 0.15) is 15.8 Å². The van der Waals surface area contributed by atoms with Gasteiger partial charge in [0.25, 0.3) is 11.5 Å². The van der Waals surface area contributed by atoms with E-state index >= 15 is 0 Å². The van der Waals surface area contributed by atoms with Gasteiger partial charge in [-0.15, -0.1) is 0 Å². The summed E-state index contributed by atoms with van der Waals surface area (Å²) in [5.74, 6) is 0.111. The normalized spacial score (nSPS) is 14.6. The molecule has 3 aromatic rings. The minimum absolute atomic E-state index is 0.00136. The fourth-order valence-corrected chi connectivity index (χ4v) is 4.98. The lowest BCUT2D eigenvalue weighted by Gasteiger charge is -2.13. The number of ether oxygens (including phenoxy) is 1. The first-order chi connectivity index (χ1) is 16.8. The molecule has 8 nitrogen and oxygen atoms in total. The molecule has 0 bridgehead atoms. The molecule has 0 radical (unpaired) electrons. The number of methoxy groups -OCH3 is 1. The van der Waals surface area contributed by atoms with E-state index in [9.17, 15) is 14.4 Å². The fourth-order valence-electron chi connectivity index (χ4n) is 3.67. The fraction of sp³-hybridized carbons (Fsp3) is 0.200. The molecule has 0 saturated carbocycles. The summed E-state index contributed by atoms with van der Waals surface area (Å²) in [5, 5.41) is 2.72. The molecule has 0 aliphatic carbocycles. The molecule has 2 amide bonds. The monoisotopic (exact) mass is 508 g/mol. The van der Waals surface area contributed by atoms with Crippen molar-refractivity contribution < 1.29 is 14.3 Å². The maximum Gasteiger partial charge on any atom is 0.295 e. The topological polar surface area (TPSA) is 85.6 Å². The highest BCUT2D eigenvalue weighted by molar-refractivity contribution is 8.26. The van der Waals surface area contributed by atoms with Crippen LogP contribution in [0.4, 0.5) is 5.69 Å². The Kier molecular flexibility index (Phi) is 7.23. The molecule has 1 fully saturated rings. The zero-order chi connectivity index (χ0) is 25.1. The number of rotatable bonds is 7. The zero-order valence-corrected chi connectivity index (χ0v) is 21.1. The number of thioether (sulfide) groups is 1. The van der Waals surface area contributed by atoms with Gasteiger partial charge in [-0.1, -0.05) is 54.3 Å². The first-order valence-corrected chi connectivity index (χ1v) is 12.1. The van der Waals surface area contributed by atoms with Gasteiger partial charge in [-0.25, -0.2) is 4.68 Å². The molecule has 1 aromatic heterocycles. The molecule has 180 valence electrons. The number of benzene rings is 2. The summed E-state index contributed by atoms with van der Waals surface area (Å²) < 4.78 is 8.74. The zero-order valence-electron chi connectivity index (χ0n) is 19.5.